The number of benzene rings is 1. The van der Waals surface area contributed by atoms with Crippen LogP contribution in [0.25, 0.3) is 6.08 Å². The number of nitrogens with one attached hydrogen (secondary N) is 1. The Morgan fingerprint density at radius 3 is 2.54 bits per heavy atom. The Bertz CT molecular complexity index is 1290. The molecule has 3 rings (SSSR count). The van der Waals surface area contributed by atoms with Crippen LogP contribution < -0.4 is 4.72 Å². The summed E-state index contributed by atoms with van der Waals surface area (Å²) in [6, 6.07) is 11.7. The molecule has 1 amide bonds. The first-order valence-electron chi connectivity index (χ1n) is 11.3. The molecule has 0 saturated carbocycles. The van der Waals surface area contributed by atoms with E-state index in [1.54, 1.807) is 29.2 Å². The summed E-state index contributed by atoms with van der Waals surface area (Å²) < 4.78 is 33.1. The third-order valence-corrected chi connectivity index (χ3v) is 7.13. The van der Waals surface area contributed by atoms with E-state index in [9.17, 15) is 13.2 Å². The molecule has 0 atom stereocenters. The third kappa shape index (κ3) is 9.64. The molecule has 0 saturated heterocycles. The molecule has 0 spiro atoms. The van der Waals surface area contributed by atoms with Gasteiger partial charge in [0.15, 0.2) is 0 Å². The van der Waals surface area contributed by atoms with Crippen molar-refractivity contribution < 1.29 is 17.6 Å². The van der Waals surface area contributed by atoms with Crippen molar-refractivity contribution in [1.82, 2.24) is 9.62 Å². The molecule has 7 nitrogen and oxygen atoms in total. The summed E-state index contributed by atoms with van der Waals surface area (Å²) in [5, 5.41) is 1.92. The zero-order valence-electron chi connectivity index (χ0n) is 20.7. The first-order valence-corrected chi connectivity index (χ1v) is 13.7. The number of hydrogen-bond donors (Lipinski definition) is 1. The van der Waals surface area contributed by atoms with Gasteiger partial charge in [-0.05, 0) is 55.4 Å². The van der Waals surface area contributed by atoms with Gasteiger partial charge in [0.05, 0.1) is 36.5 Å². The van der Waals surface area contributed by atoms with E-state index < -0.39 is 10.0 Å². The van der Waals surface area contributed by atoms with Crippen LogP contribution in [0.1, 0.15) is 23.1 Å². The quantitative estimate of drug-likeness (QED) is 0.222. The van der Waals surface area contributed by atoms with Crippen molar-refractivity contribution in [2.24, 2.45) is 4.99 Å². The topological polar surface area (TPSA) is 92.0 Å². The number of hydrogen-bond acceptors (Lipinski definition) is 6. The van der Waals surface area contributed by atoms with E-state index in [-0.39, 0.29) is 23.9 Å². The van der Waals surface area contributed by atoms with E-state index in [4.69, 9.17) is 4.42 Å². The second kappa shape index (κ2) is 15.4. The Morgan fingerprint density at radius 2 is 1.95 bits per heavy atom. The second-order valence-corrected chi connectivity index (χ2v) is 10.3. The maximum atomic E-state index is 12.8. The molecule has 2 heterocycles. The number of furan rings is 1. The Morgan fingerprint density at radius 1 is 1.14 bits per heavy atom. The Hall–Kier alpha value is -3.79. The predicted molar refractivity (Wildman–Crippen MR) is 152 cm³/mol. The van der Waals surface area contributed by atoms with Crippen LogP contribution in [0.4, 0.5) is 5.69 Å². The molecule has 1 N–H and O–H groups in total. The molecule has 37 heavy (non-hydrogen) atoms. The maximum Gasteiger partial charge on any atom is 0.241 e. The molecule has 0 radical (unpaired) electrons. The van der Waals surface area contributed by atoms with Gasteiger partial charge in [-0.2, -0.15) is 0 Å². The largest absolute Gasteiger partial charge is 0.467 e. The fourth-order valence-corrected chi connectivity index (χ4v) is 4.76. The molecule has 0 bridgehead atoms. The lowest BCUT2D eigenvalue weighted by molar-refractivity contribution is -0.131. The van der Waals surface area contributed by atoms with Crippen LogP contribution in [0.3, 0.4) is 0 Å². The van der Waals surface area contributed by atoms with Crippen molar-refractivity contribution in [2.75, 3.05) is 6.54 Å². The van der Waals surface area contributed by atoms with Crippen LogP contribution in [0.15, 0.2) is 112 Å². The maximum absolute atomic E-state index is 12.8. The standard InChI is InChI=1S/C21H21N3O4S2.C7H10/c1-3-16-12-19(8-9-20(16)22-2)30(26,27)23-13-21(25)24(14-17-6-4-10-28-17)15-18-7-5-11-29-18;1-3-5-7-6-4-2/h3-12,23H,1-2,13-15H2;3-7H,1H2,2H3/b;6-4-,7-5-. The highest BCUT2D eigenvalue weighted by Gasteiger charge is 2.21. The fourth-order valence-electron chi connectivity index (χ4n) is 3.03. The highest BCUT2D eigenvalue weighted by molar-refractivity contribution is 7.89. The predicted octanol–water partition coefficient (Wildman–Crippen LogP) is 6.13. The lowest BCUT2D eigenvalue weighted by Crippen LogP contribution is -2.39. The van der Waals surface area contributed by atoms with Crippen LogP contribution in [-0.2, 0) is 27.9 Å². The summed E-state index contributed by atoms with van der Waals surface area (Å²) in [5.74, 6) is 0.252. The van der Waals surface area contributed by atoms with E-state index in [0.717, 1.165) is 4.88 Å². The van der Waals surface area contributed by atoms with Gasteiger partial charge in [0.1, 0.15) is 5.76 Å². The molecule has 1 aromatic carbocycles. The number of aliphatic imine (C=N–C) groups is 1. The number of carbonyl (C=O) groups is 1. The van der Waals surface area contributed by atoms with Crippen LogP contribution >= 0.6 is 11.3 Å². The first-order chi connectivity index (χ1) is 17.8. The normalized spacial score (nSPS) is 11.2. The van der Waals surface area contributed by atoms with Crippen molar-refractivity contribution in [3.05, 3.63) is 114 Å². The molecule has 0 aliphatic rings. The molecule has 0 fully saturated rings. The number of thiophene rings is 1. The minimum atomic E-state index is -3.90. The number of sulfonamides is 1. The Kier molecular flexibility index (Phi) is 12.2. The summed E-state index contributed by atoms with van der Waals surface area (Å²) in [6.45, 7) is 12.8. The summed E-state index contributed by atoms with van der Waals surface area (Å²) in [5.41, 5.74) is 1.07. The Labute approximate surface area is 222 Å². The highest BCUT2D eigenvalue weighted by atomic mass is 32.2. The van der Waals surface area contributed by atoms with Gasteiger partial charge in [-0.1, -0.05) is 55.7 Å². The van der Waals surface area contributed by atoms with E-state index in [2.05, 4.69) is 29.6 Å². The number of carbonyl (C=O) groups excluding carboxylic acids is 1. The van der Waals surface area contributed by atoms with Gasteiger partial charge in [0, 0.05) is 10.4 Å². The van der Waals surface area contributed by atoms with Gasteiger partial charge in [-0.25, -0.2) is 13.1 Å². The number of rotatable bonds is 12. The minimum absolute atomic E-state index is 0.0217. The Balaban J connectivity index is 0.000000604. The first kappa shape index (κ1) is 29.4. The zero-order valence-corrected chi connectivity index (χ0v) is 22.4. The molecular weight excluding hydrogens is 506 g/mol. The molecular formula is C28H31N3O4S2. The second-order valence-electron chi connectivity index (χ2n) is 7.46. The monoisotopic (exact) mass is 537 g/mol. The molecule has 9 heteroatoms. The van der Waals surface area contributed by atoms with Crippen LogP contribution in [-0.4, -0.2) is 32.5 Å². The molecule has 2 aromatic heterocycles. The van der Waals surface area contributed by atoms with Gasteiger partial charge in [-0.15, -0.1) is 11.3 Å². The average molecular weight is 538 g/mol. The van der Waals surface area contributed by atoms with Crippen molar-refractivity contribution >= 4 is 45.7 Å². The lowest BCUT2D eigenvalue weighted by atomic mass is 10.2. The SMILES string of the molecule is C=C/C=C\C=C/C.C=Cc1cc(S(=O)(=O)NCC(=O)N(Cc2ccco2)Cc2cccs2)ccc1N=C. The number of amides is 1. The van der Waals surface area contributed by atoms with Crippen molar-refractivity contribution in [1.29, 1.82) is 0 Å². The number of allylic oxidation sites excluding steroid dienone is 5. The van der Waals surface area contributed by atoms with Crippen molar-refractivity contribution in [2.45, 2.75) is 24.9 Å². The molecule has 0 unspecified atom stereocenters. The number of nitrogens with zero attached hydrogens (tertiary/aromatic N) is 2. The van der Waals surface area contributed by atoms with Gasteiger partial charge in [0.25, 0.3) is 0 Å². The highest BCUT2D eigenvalue weighted by Crippen LogP contribution is 2.23. The zero-order chi connectivity index (χ0) is 27.1. The average Bonchev–Trinajstić information content (AvgIpc) is 3.62. The summed E-state index contributed by atoms with van der Waals surface area (Å²) in [7, 11) is -3.90. The summed E-state index contributed by atoms with van der Waals surface area (Å²) in [6.07, 6.45) is 12.5. The van der Waals surface area contributed by atoms with E-state index in [0.29, 0.717) is 23.6 Å². The minimum Gasteiger partial charge on any atom is -0.467 e. The molecule has 194 valence electrons. The fraction of sp³-hybridized carbons (Fsp3) is 0.143. The summed E-state index contributed by atoms with van der Waals surface area (Å²) in [4.78, 5) is 19.2. The van der Waals surface area contributed by atoms with Crippen molar-refractivity contribution in [3.63, 3.8) is 0 Å². The van der Waals surface area contributed by atoms with Crippen LogP contribution in [0.2, 0.25) is 0 Å². The van der Waals surface area contributed by atoms with Gasteiger partial charge in [-0.3, -0.25) is 9.79 Å². The lowest BCUT2D eigenvalue weighted by Gasteiger charge is -2.21. The molecule has 0 aliphatic heterocycles. The van der Waals surface area contributed by atoms with Crippen LogP contribution in [0, 0.1) is 0 Å². The molecule has 0 aliphatic carbocycles. The van der Waals surface area contributed by atoms with Crippen molar-refractivity contribution in [3.8, 4) is 0 Å². The third-order valence-electron chi connectivity index (χ3n) is 4.87. The molecule has 3 aromatic rings. The summed E-state index contributed by atoms with van der Waals surface area (Å²) >= 11 is 1.52. The van der Waals surface area contributed by atoms with E-state index in [1.165, 1.54) is 35.8 Å². The smallest absolute Gasteiger partial charge is 0.241 e. The van der Waals surface area contributed by atoms with E-state index >= 15 is 0 Å². The van der Waals surface area contributed by atoms with E-state index in [1.807, 2.05) is 48.7 Å². The van der Waals surface area contributed by atoms with Gasteiger partial charge >= 0.3 is 0 Å². The van der Waals surface area contributed by atoms with Crippen LogP contribution in [0.5, 0.6) is 0 Å². The van der Waals surface area contributed by atoms with Gasteiger partial charge in [0.2, 0.25) is 15.9 Å². The van der Waals surface area contributed by atoms with Gasteiger partial charge < -0.3 is 9.32 Å².